The molecule has 1 amide bonds. The number of hydrogen-bond donors (Lipinski definition) is 8. The number of nitrogens with zero attached hydrogens (tertiary/aromatic N) is 1. The number of rotatable bonds is 20. The average molecular weight is 695 g/mol. The highest BCUT2D eigenvalue weighted by Crippen LogP contribution is 2.73. The quantitative estimate of drug-likeness (QED) is 0.0419. The van der Waals surface area contributed by atoms with Crippen molar-refractivity contribution >= 4 is 56.4 Å². The smallest absolute Gasteiger partial charge is 0.376 e. The highest BCUT2D eigenvalue weighted by molar-refractivity contribution is 7.71. The summed E-state index contributed by atoms with van der Waals surface area (Å²) in [6.07, 6.45) is 1.44. The van der Waals surface area contributed by atoms with E-state index >= 15 is 0 Å². The zero-order valence-corrected chi connectivity index (χ0v) is 24.9. The average Bonchev–Trinajstić information content (AvgIpc) is 2.75. The van der Waals surface area contributed by atoms with Crippen LogP contribution in [0.5, 0.6) is 0 Å². The monoisotopic (exact) mass is 695 g/mol. The lowest BCUT2D eigenvalue weighted by molar-refractivity contribution is -0.384. The van der Waals surface area contributed by atoms with Crippen molar-refractivity contribution in [1.82, 2.24) is 5.32 Å². The van der Waals surface area contributed by atoms with Crippen LogP contribution in [-0.2, 0) is 49.4 Å². The molecule has 4 unspecified atom stereocenters. The molecule has 41 heavy (non-hydrogen) atoms. The first-order valence-electron chi connectivity index (χ1n) is 10.7. The molecule has 1 aromatic carbocycles. The van der Waals surface area contributed by atoms with Crippen LogP contribution in [0, 0.1) is 10.1 Å². The molecule has 0 aromatic heterocycles. The van der Waals surface area contributed by atoms with Crippen LogP contribution in [0.3, 0.4) is 0 Å². The number of carbonyl (C=O) groups excluding carboxylic acids is 1. The van der Waals surface area contributed by atoms with E-state index in [0.717, 1.165) is 0 Å². The fourth-order valence-electron chi connectivity index (χ4n) is 2.56. The topological polar surface area (TPSA) is 337 Å². The lowest BCUT2D eigenvalue weighted by atomic mass is 10.2. The van der Waals surface area contributed by atoms with E-state index < -0.39 is 50.6 Å². The van der Waals surface area contributed by atoms with Gasteiger partial charge < -0.3 is 40.0 Å². The van der Waals surface area contributed by atoms with E-state index in [1.54, 1.807) is 6.07 Å². The number of carbonyl (C=O) groups is 1. The molecule has 0 saturated heterocycles. The van der Waals surface area contributed by atoms with E-state index in [-0.39, 0.29) is 31.1 Å². The summed E-state index contributed by atoms with van der Waals surface area (Å²) >= 11 is 0. The Balaban J connectivity index is 2.31. The van der Waals surface area contributed by atoms with E-state index in [4.69, 9.17) is 14.7 Å². The minimum absolute atomic E-state index is 0.0990. The van der Waals surface area contributed by atoms with Gasteiger partial charge in [-0.15, -0.1) is 0 Å². The van der Waals surface area contributed by atoms with Gasteiger partial charge in [-0.25, -0.2) is 22.8 Å². The lowest BCUT2D eigenvalue weighted by Gasteiger charge is -2.19. The standard InChI is InChI=1S/C14H26N3O19P5/c18-14(11-16-12-6-5-7-13(10-12)17(19)20)15-8-3-1-2-4-9-32-38(24,25)34-40(28,29)36-41(30,31)35-39(26,27)33-37(21,22)23/h5-7,10,16H,1-4,8-9,11H2,(H,15,18)(H,24,25)(H,26,27)(H,28,29)(H,30,31)(H2,21,22,23). The van der Waals surface area contributed by atoms with Crippen LogP contribution in [0.4, 0.5) is 11.4 Å². The summed E-state index contributed by atoms with van der Waals surface area (Å²) < 4.78 is 75.0. The van der Waals surface area contributed by atoms with Crippen molar-refractivity contribution in [2.75, 3.05) is 25.0 Å². The van der Waals surface area contributed by atoms with Gasteiger partial charge in [0.2, 0.25) is 5.91 Å². The molecule has 0 fully saturated rings. The molecule has 4 atom stereocenters. The van der Waals surface area contributed by atoms with Crippen molar-refractivity contribution in [3.63, 3.8) is 0 Å². The van der Waals surface area contributed by atoms with E-state index in [0.29, 0.717) is 24.9 Å². The van der Waals surface area contributed by atoms with Gasteiger partial charge >= 0.3 is 39.1 Å². The summed E-state index contributed by atoms with van der Waals surface area (Å²) in [7, 11) is -29.4. The zero-order valence-electron chi connectivity index (χ0n) is 20.4. The summed E-state index contributed by atoms with van der Waals surface area (Å²) in [5.74, 6) is -0.386. The lowest BCUT2D eigenvalue weighted by Crippen LogP contribution is -2.30. The second-order valence-electron chi connectivity index (χ2n) is 7.45. The molecule has 1 aromatic rings. The van der Waals surface area contributed by atoms with Gasteiger partial charge in [-0.05, 0) is 18.9 Å². The van der Waals surface area contributed by atoms with Crippen LogP contribution in [0.1, 0.15) is 25.7 Å². The second-order valence-corrected chi connectivity index (χ2v) is 15.1. The van der Waals surface area contributed by atoms with E-state index in [2.05, 4.69) is 32.4 Å². The highest BCUT2D eigenvalue weighted by atomic mass is 31.3. The molecule has 0 spiro atoms. The first kappa shape index (κ1) is 37.6. The van der Waals surface area contributed by atoms with Gasteiger partial charge in [0, 0.05) is 24.4 Å². The first-order chi connectivity index (χ1) is 18.6. The molecule has 22 nitrogen and oxygen atoms in total. The highest BCUT2D eigenvalue weighted by Gasteiger charge is 2.47. The number of non-ortho nitro benzene ring substituents is 1. The maximum atomic E-state index is 11.8. The minimum Gasteiger partial charge on any atom is -0.376 e. The molecular formula is C14H26N3O19P5. The van der Waals surface area contributed by atoms with Gasteiger partial charge in [0.15, 0.2) is 0 Å². The number of benzene rings is 1. The Kier molecular flexibility index (Phi) is 14.6. The Labute approximate surface area is 230 Å². The van der Waals surface area contributed by atoms with E-state index in [9.17, 15) is 52.4 Å². The van der Waals surface area contributed by atoms with Gasteiger partial charge in [0.25, 0.3) is 5.69 Å². The third kappa shape index (κ3) is 18.0. The third-order valence-electron chi connectivity index (χ3n) is 3.99. The van der Waals surface area contributed by atoms with Gasteiger partial charge in [-0.1, -0.05) is 18.9 Å². The third-order valence-corrected chi connectivity index (χ3v) is 11.1. The Morgan fingerprint density at radius 2 is 1.34 bits per heavy atom. The van der Waals surface area contributed by atoms with Crippen LogP contribution in [-0.4, -0.2) is 59.9 Å². The molecule has 0 aliphatic carbocycles. The number of unbranched alkanes of at least 4 members (excludes halogenated alkanes) is 3. The summed E-state index contributed by atoms with van der Waals surface area (Å²) in [6.45, 7) is -0.410. The number of anilines is 1. The molecule has 0 heterocycles. The Morgan fingerprint density at radius 3 is 1.90 bits per heavy atom. The van der Waals surface area contributed by atoms with Crippen molar-refractivity contribution in [2.45, 2.75) is 25.7 Å². The van der Waals surface area contributed by atoms with E-state index in [1.807, 2.05) is 0 Å². The molecule has 0 bridgehead atoms. The normalized spacial score (nSPS) is 17.8. The van der Waals surface area contributed by atoms with Crippen molar-refractivity contribution in [3.05, 3.63) is 34.4 Å². The number of phosphoric ester groups is 1. The van der Waals surface area contributed by atoms with E-state index in [1.165, 1.54) is 18.2 Å². The van der Waals surface area contributed by atoms with Crippen molar-refractivity contribution in [1.29, 1.82) is 0 Å². The SMILES string of the molecule is O=C(CNc1cccc([N+](=O)[O-])c1)NCCCCCCOP(=O)(O)OP(=O)(O)OP(=O)(O)OP(=O)(O)OP(=O)(O)O. The maximum Gasteiger partial charge on any atom is 0.490 e. The Bertz CT molecular complexity index is 1300. The van der Waals surface area contributed by atoms with Gasteiger partial charge in [-0.2, -0.15) is 17.2 Å². The molecule has 0 saturated carbocycles. The fraction of sp³-hybridized carbons (Fsp3) is 0.500. The van der Waals surface area contributed by atoms with Gasteiger partial charge in [0.05, 0.1) is 18.1 Å². The van der Waals surface area contributed by atoms with Crippen LogP contribution in [0.25, 0.3) is 0 Å². The number of nitro groups is 1. The summed E-state index contributed by atoms with van der Waals surface area (Å²) in [5.41, 5.74) is 0.239. The molecule has 236 valence electrons. The second kappa shape index (κ2) is 15.9. The van der Waals surface area contributed by atoms with Gasteiger partial charge in [-0.3, -0.25) is 19.4 Å². The van der Waals surface area contributed by atoms with Crippen LogP contribution < -0.4 is 10.6 Å². The molecular weight excluding hydrogens is 669 g/mol. The van der Waals surface area contributed by atoms with Crippen molar-refractivity contribution < 1.29 is 83.7 Å². The molecule has 8 N–H and O–H groups in total. The minimum atomic E-state index is -6.15. The van der Waals surface area contributed by atoms with Crippen LogP contribution >= 0.6 is 39.1 Å². The fourth-order valence-corrected chi connectivity index (χ4v) is 8.47. The Morgan fingerprint density at radius 1 is 0.805 bits per heavy atom. The predicted octanol–water partition coefficient (Wildman–Crippen LogP) is 2.26. The number of phosphoric acid groups is 5. The van der Waals surface area contributed by atoms with Gasteiger partial charge in [0.1, 0.15) is 0 Å². The molecule has 27 heteroatoms. The summed E-state index contributed by atoms with van der Waals surface area (Å²) in [4.78, 5) is 75.9. The summed E-state index contributed by atoms with van der Waals surface area (Å²) in [5, 5.41) is 16.1. The number of amides is 1. The zero-order chi connectivity index (χ0) is 31.5. The van der Waals surface area contributed by atoms with Crippen LogP contribution in [0.15, 0.2) is 24.3 Å². The first-order valence-corrected chi connectivity index (χ1v) is 18.2. The molecule has 1 rings (SSSR count). The maximum absolute atomic E-state index is 11.8. The number of hydrogen-bond acceptors (Lipinski definition) is 14. The molecule has 0 aliphatic heterocycles. The van der Waals surface area contributed by atoms with Crippen molar-refractivity contribution in [2.24, 2.45) is 0 Å². The number of nitrogens with one attached hydrogen (secondary N) is 2. The predicted molar refractivity (Wildman–Crippen MR) is 135 cm³/mol. The summed E-state index contributed by atoms with van der Waals surface area (Å²) in [6, 6.07) is 5.57. The van der Waals surface area contributed by atoms with Crippen molar-refractivity contribution in [3.8, 4) is 0 Å². The molecule has 0 aliphatic rings. The molecule has 0 radical (unpaired) electrons. The Hall–Kier alpha value is -1.40. The number of nitro benzene ring substituents is 1. The largest absolute Gasteiger partial charge is 0.490 e. The van der Waals surface area contributed by atoms with Crippen LogP contribution in [0.2, 0.25) is 0 Å².